The minimum Gasteiger partial charge on any atom is -0.323 e. The highest BCUT2D eigenvalue weighted by Crippen LogP contribution is 2.40. The summed E-state index contributed by atoms with van der Waals surface area (Å²) in [5.74, 6) is 1.48. The quantitative estimate of drug-likeness (QED) is 0.718. The summed E-state index contributed by atoms with van der Waals surface area (Å²) in [6, 6.07) is 6.80. The highest BCUT2D eigenvalue weighted by atomic mass is 79.9. The molecule has 0 radical (unpaired) electrons. The first kappa shape index (κ1) is 13.8. The highest BCUT2D eigenvalue weighted by Gasteiger charge is 2.30. The Hall–Kier alpha value is -0.190. The molecule has 1 saturated carbocycles. The second kappa shape index (κ2) is 5.66. The number of rotatable bonds is 3. The number of thioether (sulfide) groups is 1. The molecular weight excluding hydrogens is 344 g/mol. The van der Waals surface area contributed by atoms with Crippen molar-refractivity contribution in [3.8, 4) is 0 Å². The molecule has 3 rings (SSSR count). The highest BCUT2D eigenvalue weighted by molar-refractivity contribution is 9.10. The first-order valence-corrected chi connectivity index (χ1v) is 9.11. The van der Waals surface area contributed by atoms with Crippen LogP contribution in [-0.4, -0.2) is 21.1 Å². The molecule has 2 nitrogen and oxygen atoms in total. The molecular formula is C14H16BrClN2S. The van der Waals surface area contributed by atoms with Gasteiger partial charge in [-0.1, -0.05) is 22.4 Å². The summed E-state index contributed by atoms with van der Waals surface area (Å²) in [5, 5.41) is 0.679. The van der Waals surface area contributed by atoms with Gasteiger partial charge in [0.2, 0.25) is 0 Å². The lowest BCUT2D eigenvalue weighted by Gasteiger charge is -2.22. The molecule has 5 heteroatoms. The molecule has 1 aromatic heterocycles. The van der Waals surface area contributed by atoms with Crippen LogP contribution in [0.4, 0.5) is 0 Å². The van der Waals surface area contributed by atoms with Crippen LogP contribution in [0.1, 0.15) is 31.1 Å². The Balaban J connectivity index is 2.17. The number of nitrogens with zero attached hydrogens (tertiary/aromatic N) is 2. The summed E-state index contributed by atoms with van der Waals surface area (Å²) < 4.78 is 3.47. The third-order valence-corrected chi connectivity index (χ3v) is 5.78. The topological polar surface area (TPSA) is 17.8 Å². The smallest absolute Gasteiger partial charge is 0.125 e. The number of imidazole rings is 1. The number of fused-ring (bicyclic) bond motifs is 1. The molecule has 0 saturated heterocycles. The van der Waals surface area contributed by atoms with E-state index in [1.54, 1.807) is 0 Å². The molecule has 1 aromatic carbocycles. The van der Waals surface area contributed by atoms with Gasteiger partial charge in [0.25, 0.3) is 0 Å². The molecule has 1 aliphatic rings. The second-order valence-corrected chi connectivity index (χ2v) is 7.20. The van der Waals surface area contributed by atoms with Crippen LogP contribution in [0.3, 0.4) is 0 Å². The van der Waals surface area contributed by atoms with Gasteiger partial charge < -0.3 is 4.57 Å². The van der Waals surface area contributed by atoms with Gasteiger partial charge in [0, 0.05) is 15.8 Å². The lowest BCUT2D eigenvalue weighted by atomic mass is 10.2. The molecule has 2 atom stereocenters. The third kappa shape index (κ3) is 2.43. The van der Waals surface area contributed by atoms with Crippen LogP contribution in [0.25, 0.3) is 11.0 Å². The fourth-order valence-corrected chi connectivity index (χ4v) is 4.57. The Morgan fingerprint density at radius 2 is 2.32 bits per heavy atom. The predicted molar refractivity (Wildman–Crippen MR) is 87.2 cm³/mol. The van der Waals surface area contributed by atoms with Gasteiger partial charge in [-0.3, -0.25) is 0 Å². The van der Waals surface area contributed by atoms with E-state index < -0.39 is 0 Å². The maximum Gasteiger partial charge on any atom is 0.125 e. The molecule has 2 aromatic rings. The average molecular weight is 360 g/mol. The summed E-state index contributed by atoms with van der Waals surface area (Å²) in [4.78, 5) is 4.69. The van der Waals surface area contributed by atoms with E-state index in [9.17, 15) is 0 Å². The van der Waals surface area contributed by atoms with Crippen molar-refractivity contribution in [3.05, 3.63) is 28.5 Å². The Kier molecular flexibility index (Phi) is 4.11. The summed E-state index contributed by atoms with van der Waals surface area (Å²) >= 11 is 11.6. The van der Waals surface area contributed by atoms with E-state index in [-0.39, 0.29) is 0 Å². The van der Waals surface area contributed by atoms with Crippen LogP contribution in [-0.2, 0) is 5.88 Å². The molecule has 19 heavy (non-hydrogen) atoms. The predicted octanol–water partition coefficient (Wildman–Crippen LogP) is 4.99. The van der Waals surface area contributed by atoms with Crippen molar-refractivity contribution in [2.75, 3.05) is 6.26 Å². The van der Waals surface area contributed by atoms with Crippen molar-refractivity contribution in [1.29, 1.82) is 0 Å². The summed E-state index contributed by atoms with van der Waals surface area (Å²) in [6.07, 6.45) is 6.03. The van der Waals surface area contributed by atoms with E-state index in [4.69, 9.17) is 11.6 Å². The van der Waals surface area contributed by atoms with Gasteiger partial charge in [-0.2, -0.15) is 11.8 Å². The van der Waals surface area contributed by atoms with Crippen molar-refractivity contribution < 1.29 is 0 Å². The zero-order valence-electron chi connectivity index (χ0n) is 10.8. The lowest BCUT2D eigenvalue weighted by Crippen LogP contribution is -2.17. The molecule has 2 unspecified atom stereocenters. The fourth-order valence-electron chi connectivity index (χ4n) is 3.06. The van der Waals surface area contributed by atoms with E-state index in [2.05, 4.69) is 43.9 Å². The normalized spacial score (nSPS) is 23.3. The van der Waals surface area contributed by atoms with E-state index in [0.717, 1.165) is 15.8 Å². The van der Waals surface area contributed by atoms with E-state index >= 15 is 0 Å². The van der Waals surface area contributed by atoms with Crippen molar-refractivity contribution in [2.45, 2.75) is 36.4 Å². The molecule has 0 amide bonds. The molecule has 0 N–H and O–H groups in total. The Bertz CT molecular complexity index is 598. The van der Waals surface area contributed by atoms with E-state index in [0.29, 0.717) is 17.2 Å². The van der Waals surface area contributed by atoms with Crippen LogP contribution in [0.2, 0.25) is 0 Å². The summed E-state index contributed by atoms with van der Waals surface area (Å²) in [6.45, 7) is 0. The molecule has 0 aliphatic heterocycles. The van der Waals surface area contributed by atoms with Crippen molar-refractivity contribution in [3.63, 3.8) is 0 Å². The molecule has 0 spiro atoms. The van der Waals surface area contributed by atoms with Gasteiger partial charge in [-0.15, -0.1) is 11.6 Å². The van der Waals surface area contributed by atoms with Crippen LogP contribution in [0.5, 0.6) is 0 Å². The minimum atomic E-state index is 0.476. The zero-order valence-corrected chi connectivity index (χ0v) is 13.9. The Morgan fingerprint density at radius 1 is 1.47 bits per heavy atom. The first-order valence-electron chi connectivity index (χ1n) is 6.49. The van der Waals surface area contributed by atoms with Crippen molar-refractivity contribution in [2.24, 2.45) is 0 Å². The number of aromatic nitrogens is 2. The van der Waals surface area contributed by atoms with Gasteiger partial charge in [0.1, 0.15) is 5.82 Å². The Morgan fingerprint density at radius 3 is 3.05 bits per heavy atom. The Labute approximate surface area is 131 Å². The van der Waals surface area contributed by atoms with Gasteiger partial charge in [0.15, 0.2) is 0 Å². The SMILES string of the molecule is CSC1CCCC1n1c(CCl)nc2ccc(Br)cc21. The van der Waals surface area contributed by atoms with Gasteiger partial charge >= 0.3 is 0 Å². The minimum absolute atomic E-state index is 0.476. The number of halogens is 2. The monoisotopic (exact) mass is 358 g/mol. The number of hydrogen-bond donors (Lipinski definition) is 0. The first-order chi connectivity index (χ1) is 9.24. The van der Waals surface area contributed by atoms with Crippen LogP contribution in [0, 0.1) is 0 Å². The fraction of sp³-hybridized carbons (Fsp3) is 0.500. The van der Waals surface area contributed by atoms with Crippen LogP contribution < -0.4 is 0 Å². The van der Waals surface area contributed by atoms with Crippen LogP contribution in [0.15, 0.2) is 22.7 Å². The molecule has 1 heterocycles. The van der Waals surface area contributed by atoms with Gasteiger partial charge in [-0.05, 0) is 37.3 Å². The van der Waals surface area contributed by atoms with Crippen molar-refractivity contribution in [1.82, 2.24) is 9.55 Å². The standard InChI is InChI=1S/C14H16BrClN2S/c1-19-13-4-2-3-11(13)18-12-7-9(15)5-6-10(12)17-14(18)8-16/h5-7,11,13H,2-4,8H2,1H3. The number of hydrogen-bond acceptors (Lipinski definition) is 2. The lowest BCUT2D eigenvalue weighted by molar-refractivity contribution is 0.528. The van der Waals surface area contributed by atoms with Crippen LogP contribution >= 0.6 is 39.3 Å². The zero-order chi connectivity index (χ0) is 13.4. The average Bonchev–Trinajstić information content (AvgIpc) is 3.00. The molecule has 0 bridgehead atoms. The summed E-state index contributed by atoms with van der Waals surface area (Å²) in [7, 11) is 0. The maximum atomic E-state index is 6.11. The summed E-state index contributed by atoms with van der Waals surface area (Å²) in [5.41, 5.74) is 2.25. The van der Waals surface area contributed by atoms with E-state index in [1.165, 1.54) is 24.8 Å². The molecule has 1 aliphatic carbocycles. The largest absolute Gasteiger partial charge is 0.323 e. The number of alkyl halides is 1. The van der Waals surface area contributed by atoms with Gasteiger partial charge in [0.05, 0.1) is 16.9 Å². The van der Waals surface area contributed by atoms with E-state index in [1.807, 2.05) is 17.8 Å². The second-order valence-electron chi connectivity index (χ2n) is 4.94. The molecule has 1 fully saturated rings. The van der Waals surface area contributed by atoms with Gasteiger partial charge in [-0.25, -0.2) is 4.98 Å². The maximum absolute atomic E-state index is 6.11. The number of benzene rings is 1. The molecule has 102 valence electrons. The van der Waals surface area contributed by atoms with Crippen molar-refractivity contribution >= 4 is 50.3 Å². The third-order valence-electron chi connectivity index (χ3n) is 3.90.